The summed E-state index contributed by atoms with van der Waals surface area (Å²) in [5, 5.41) is 15.9. The molecule has 9 heteroatoms. The van der Waals surface area contributed by atoms with Crippen molar-refractivity contribution >= 4 is 17.7 Å². The van der Waals surface area contributed by atoms with Gasteiger partial charge in [-0.2, -0.15) is 5.10 Å². The van der Waals surface area contributed by atoms with Gasteiger partial charge in [0.15, 0.2) is 11.0 Å². The fourth-order valence-electron chi connectivity index (χ4n) is 2.47. The molecule has 0 unspecified atom stereocenters. The third-order valence-electron chi connectivity index (χ3n) is 3.61. The van der Waals surface area contributed by atoms with Crippen molar-refractivity contribution in [1.29, 1.82) is 0 Å². The van der Waals surface area contributed by atoms with Gasteiger partial charge in [-0.25, -0.2) is 4.39 Å². The maximum atomic E-state index is 13.2. The maximum Gasteiger partial charge on any atom is 0.269 e. The lowest BCUT2D eigenvalue weighted by Crippen LogP contribution is -2.26. The molecule has 0 saturated heterocycles. The highest BCUT2D eigenvalue weighted by Gasteiger charge is 2.16. The van der Waals surface area contributed by atoms with E-state index in [9.17, 15) is 9.18 Å². The number of halogens is 1. The smallest absolute Gasteiger partial charge is 0.269 e. The molecule has 2 aromatic heterocycles. The molecule has 7 nitrogen and oxygen atoms in total. The largest absolute Gasteiger partial charge is 0.343 e. The van der Waals surface area contributed by atoms with Crippen LogP contribution in [0.2, 0.25) is 0 Å². The molecule has 1 N–H and O–H groups in total. The second-order valence-electron chi connectivity index (χ2n) is 5.39. The average molecular weight is 360 g/mol. The molecule has 0 aliphatic rings. The molecule has 0 spiro atoms. The van der Waals surface area contributed by atoms with Crippen molar-refractivity contribution in [2.24, 2.45) is 7.05 Å². The minimum absolute atomic E-state index is 0.188. The van der Waals surface area contributed by atoms with Crippen molar-refractivity contribution in [2.45, 2.75) is 18.6 Å². The van der Waals surface area contributed by atoms with Crippen LogP contribution in [0.3, 0.4) is 0 Å². The van der Waals surface area contributed by atoms with Gasteiger partial charge in [0.05, 0.1) is 12.2 Å². The second-order valence-corrected chi connectivity index (χ2v) is 6.17. The number of rotatable bonds is 5. The van der Waals surface area contributed by atoms with Crippen molar-refractivity contribution < 1.29 is 9.18 Å². The monoisotopic (exact) mass is 360 g/mol. The number of nitrogens with one attached hydrogen (secondary N) is 1. The van der Waals surface area contributed by atoms with E-state index in [-0.39, 0.29) is 18.3 Å². The minimum atomic E-state index is -0.316. The summed E-state index contributed by atoms with van der Waals surface area (Å²) in [6.07, 6.45) is 1.88. The first-order valence-corrected chi connectivity index (χ1v) is 8.75. The molecule has 2 heterocycles. The first-order chi connectivity index (χ1) is 12.0. The van der Waals surface area contributed by atoms with Crippen LogP contribution >= 0.6 is 11.8 Å². The van der Waals surface area contributed by atoms with Gasteiger partial charge in [-0.15, -0.1) is 10.2 Å². The van der Waals surface area contributed by atoms with Gasteiger partial charge in [0.2, 0.25) is 0 Å². The fourth-order valence-corrected chi connectivity index (χ4v) is 2.99. The number of nitrogens with zero attached hydrogens (tertiary/aromatic N) is 5. The van der Waals surface area contributed by atoms with Crippen molar-refractivity contribution in [3.63, 3.8) is 0 Å². The number of carbonyl (C=O) groups is 1. The van der Waals surface area contributed by atoms with Gasteiger partial charge in [0, 0.05) is 12.7 Å². The van der Waals surface area contributed by atoms with Crippen LogP contribution in [0, 0.1) is 12.7 Å². The van der Waals surface area contributed by atoms with Crippen LogP contribution in [0.15, 0.2) is 35.5 Å². The Bertz CT molecular complexity index is 902. The molecule has 0 fully saturated rings. The first-order valence-electron chi connectivity index (χ1n) is 7.52. The average Bonchev–Trinajstić information content (AvgIpc) is 3.16. The highest BCUT2D eigenvalue weighted by atomic mass is 32.2. The van der Waals surface area contributed by atoms with E-state index in [4.69, 9.17) is 0 Å². The zero-order valence-electron chi connectivity index (χ0n) is 14.0. The van der Waals surface area contributed by atoms with Crippen LogP contribution in [-0.2, 0) is 13.6 Å². The Morgan fingerprint density at radius 2 is 2.00 bits per heavy atom. The number of benzene rings is 1. The van der Waals surface area contributed by atoms with Crippen LogP contribution in [0.1, 0.15) is 22.0 Å². The first kappa shape index (κ1) is 17.2. The summed E-state index contributed by atoms with van der Waals surface area (Å²) >= 11 is 1.42. The molecule has 25 heavy (non-hydrogen) atoms. The summed E-state index contributed by atoms with van der Waals surface area (Å²) in [7, 11) is 1.72. The van der Waals surface area contributed by atoms with Crippen LogP contribution in [0.25, 0.3) is 5.69 Å². The Labute approximate surface area is 148 Å². The van der Waals surface area contributed by atoms with Gasteiger partial charge >= 0.3 is 0 Å². The quantitative estimate of drug-likeness (QED) is 0.705. The van der Waals surface area contributed by atoms with E-state index in [0.29, 0.717) is 16.7 Å². The molecule has 0 saturated carbocycles. The highest BCUT2D eigenvalue weighted by molar-refractivity contribution is 7.98. The molecule has 3 aromatic rings. The van der Waals surface area contributed by atoms with Crippen molar-refractivity contribution in [2.75, 3.05) is 6.26 Å². The van der Waals surface area contributed by atoms with Gasteiger partial charge < -0.3 is 5.32 Å². The number of carbonyl (C=O) groups excluding carboxylic acids is 1. The molecule has 0 aliphatic heterocycles. The second kappa shape index (κ2) is 7.06. The Morgan fingerprint density at radius 1 is 1.28 bits per heavy atom. The van der Waals surface area contributed by atoms with E-state index in [1.807, 2.05) is 13.2 Å². The third-order valence-corrected chi connectivity index (χ3v) is 4.24. The lowest BCUT2D eigenvalue weighted by molar-refractivity contribution is 0.0940. The molecular formula is C16H17FN6OS. The molecule has 1 amide bonds. The lowest BCUT2D eigenvalue weighted by Gasteiger charge is -2.10. The Hall–Kier alpha value is -2.68. The van der Waals surface area contributed by atoms with E-state index in [1.165, 1.54) is 28.6 Å². The van der Waals surface area contributed by atoms with Crippen LogP contribution in [0.4, 0.5) is 4.39 Å². The third kappa shape index (κ3) is 3.55. The van der Waals surface area contributed by atoms with Crippen molar-refractivity contribution in [3.05, 3.63) is 53.4 Å². The number of thioether (sulfide) groups is 1. The topological polar surface area (TPSA) is 77.6 Å². The van der Waals surface area contributed by atoms with Crippen LogP contribution in [0.5, 0.6) is 0 Å². The number of amides is 1. The normalized spacial score (nSPS) is 10.9. The fraction of sp³-hybridized carbons (Fsp3) is 0.250. The Balaban J connectivity index is 1.83. The van der Waals surface area contributed by atoms with Crippen molar-refractivity contribution in [3.8, 4) is 5.69 Å². The van der Waals surface area contributed by atoms with Gasteiger partial charge in [-0.05, 0) is 43.5 Å². The summed E-state index contributed by atoms with van der Waals surface area (Å²) in [5.41, 5.74) is 1.97. The maximum absolute atomic E-state index is 13.2. The summed E-state index contributed by atoms with van der Waals surface area (Å²) in [5.74, 6) is -0.00499. The summed E-state index contributed by atoms with van der Waals surface area (Å²) in [4.78, 5) is 12.3. The molecule has 0 radical (unpaired) electrons. The number of hydrogen-bond acceptors (Lipinski definition) is 5. The van der Waals surface area contributed by atoms with Gasteiger partial charge in [-0.3, -0.25) is 14.0 Å². The SMILES string of the molecule is CSc1nnc(CNC(=O)c2cc(C)nn2C)n1-c1ccc(F)cc1. The molecule has 3 rings (SSSR count). The standard InChI is InChI=1S/C16H17FN6OS/c1-10-8-13(22(2)21-10)15(24)18-9-14-19-20-16(25-3)23(14)12-6-4-11(17)5-7-12/h4-8H,9H2,1-3H3,(H,18,24). The number of aromatic nitrogens is 5. The van der Waals surface area contributed by atoms with E-state index >= 15 is 0 Å². The zero-order chi connectivity index (χ0) is 18.0. The lowest BCUT2D eigenvalue weighted by atomic mass is 10.3. The zero-order valence-corrected chi connectivity index (χ0v) is 14.8. The van der Waals surface area contributed by atoms with Gasteiger partial charge in [-0.1, -0.05) is 11.8 Å². The predicted octanol–water partition coefficient (Wildman–Crippen LogP) is 2.10. The molecule has 0 aliphatic carbocycles. The molecule has 0 atom stereocenters. The van der Waals surface area contributed by atoms with Gasteiger partial charge in [0.1, 0.15) is 11.5 Å². The molecular weight excluding hydrogens is 343 g/mol. The van der Waals surface area contributed by atoms with Crippen molar-refractivity contribution in [1.82, 2.24) is 29.9 Å². The summed E-state index contributed by atoms with van der Waals surface area (Å²) < 4.78 is 16.5. The predicted molar refractivity (Wildman–Crippen MR) is 92.2 cm³/mol. The van der Waals surface area contributed by atoms with Gasteiger partial charge in [0.25, 0.3) is 5.91 Å². The number of hydrogen-bond donors (Lipinski definition) is 1. The van der Waals surface area contributed by atoms with E-state index in [1.54, 1.807) is 29.8 Å². The molecule has 1 aromatic carbocycles. The van der Waals surface area contributed by atoms with Crippen LogP contribution < -0.4 is 5.32 Å². The Morgan fingerprint density at radius 3 is 2.60 bits per heavy atom. The summed E-state index contributed by atoms with van der Waals surface area (Å²) in [6.45, 7) is 2.01. The highest BCUT2D eigenvalue weighted by Crippen LogP contribution is 2.20. The minimum Gasteiger partial charge on any atom is -0.343 e. The Kier molecular flexibility index (Phi) is 4.84. The van der Waals surface area contributed by atoms with E-state index in [2.05, 4.69) is 20.6 Å². The molecule has 0 bridgehead atoms. The number of aryl methyl sites for hydroxylation is 2. The summed E-state index contributed by atoms with van der Waals surface area (Å²) in [6, 6.07) is 7.76. The van der Waals surface area contributed by atoms with E-state index < -0.39 is 0 Å². The van der Waals surface area contributed by atoms with E-state index in [0.717, 1.165) is 11.4 Å². The molecule has 130 valence electrons. The van der Waals surface area contributed by atoms with Crippen LogP contribution in [-0.4, -0.2) is 36.7 Å².